The average molecular weight is 365 g/mol. The Balaban J connectivity index is 1.66. The Bertz CT molecular complexity index is 713. The predicted octanol–water partition coefficient (Wildman–Crippen LogP) is 4.58. The molecule has 1 aromatic heterocycles. The monoisotopic (exact) mass is 364 g/mol. The fourth-order valence-corrected chi connectivity index (χ4v) is 3.12. The van der Waals surface area contributed by atoms with Crippen LogP contribution in [0.4, 0.5) is 0 Å². The summed E-state index contributed by atoms with van der Waals surface area (Å²) in [7, 11) is 0. The summed E-state index contributed by atoms with van der Waals surface area (Å²) in [6, 6.07) is 9.56. The molecule has 6 heteroatoms. The van der Waals surface area contributed by atoms with Crippen LogP contribution >= 0.6 is 22.9 Å². The number of hydrogen-bond donors (Lipinski definition) is 1. The van der Waals surface area contributed by atoms with Crippen LogP contribution in [0.5, 0.6) is 5.75 Å². The molecule has 0 unspecified atom stereocenters. The molecule has 2 aromatic rings. The largest absolute Gasteiger partial charge is 0.493 e. The van der Waals surface area contributed by atoms with Gasteiger partial charge in [0.2, 0.25) is 5.91 Å². The first-order valence-corrected chi connectivity index (χ1v) is 9.07. The van der Waals surface area contributed by atoms with E-state index in [0.29, 0.717) is 24.5 Å². The summed E-state index contributed by atoms with van der Waals surface area (Å²) < 4.78 is 5.66. The van der Waals surface area contributed by atoms with Gasteiger partial charge in [-0.25, -0.2) is 5.43 Å². The molecule has 1 amide bonds. The summed E-state index contributed by atoms with van der Waals surface area (Å²) >= 11 is 7.58. The third-order valence-electron chi connectivity index (χ3n) is 3.35. The Morgan fingerprint density at radius 2 is 2.21 bits per heavy atom. The van der Waals surface area contributed by atoms with Gasteiger partial charge in [0, 0.05) is 21.2 Å². The third kappa shape index (κ3) is 5.98. The van der Waals surface area contributed by atoms with Crippen molar-refractivity contribution in [2.45, 2.75) is 33.1 Å². The first kappa shape index (κ1) is 18.5. The molecule has 0 saturated carbocycles. The van der Waals surface area contributed by atoms with E-state index in [4.69, 9.17) is 16.3 Å². The van der Waals surface area contributed by atoms with Crippen molar-refractivity contribution in [1.29, 1.82) is 0 Å². The Hall–Kier alpha value is -1.85. The van der Waals surface area contributed by atoms with Gasteiger partial charge in [0.05, 0.1) is 12.8 Å². The van der Waals surface area contributed by atoms with Crippen molar-refractivity contribution in [1.82, 2.24) is 5.43 Å². The van der Waals surface area contributed by atoms with Crippen molar-refractivity contribution < 1.29 is 9.53 Å². The van der Waals surface area contributed by atoms with Gasteiger partial charge >= 0.3 is 0 Å². The Morgan fingerprint density at radius 3 is 2.92 bits per heavy atom. The van der Waals surface area contributed by atoms with Crippen LogP contribution in [0.15, 0.2) is 35.4 Å². The van der Waals surface area contributed by atoms with Gasteiger partial charge in [-0.2, -0.15) is 5.10 Å². The number of hydrogen-bond acceptors (Lipinski definition) is 4. The van der Waals surface area contributed by atoms with E-state index in [1.54, 1.807) is 23.6 Å². The van der Waals surface area contributed by atoms with Crippen LogP contribution in [-0.2, 0) is 11.2 Å². The zero-order chi connectivity index (χ0) is 17.4. The van der Waals surface area contributed by atoms with Gasteiger partial charge in [-0.15, -0.1) is 11.3 Å². The van der Waals surface area contributed by atoms with E-state index >= 15 is 0 Å². The second kappa shape index (κ2) is 9.45. The topological polar surface area (TPSA) is 50.7 Å². The lowest BCUT2D eigenvalue weighted by atomic mass is 10.2. The smallest absolute Gasteiger partial charge is 0.240 e. The lowest BCUT2D eigenvalue weighted by Crippen LogP contribution is -2.18. The van der Waals surface area contributed by atoms with Crippen LogP contribution in [0.3, 0.4) is 0 Å². The van der Waals surface area contributed by atoms with Crippen LogP contribution in [0.1, 0.15) is 35.1 Å². The molecular formula is C18H21ClN2O2S. The van der Waals surface area contributed by atoms with E-state index in [1.807, 2.05) is 25.1 Å². The van der Waals surface area contributed by atoms with Crippen LogP contribution in [0.2, 0.25) is 5.02 Å². The number of halogens is 1. The molecule has 0 bridgehead atoms. The highest BCUT2D eigenvalue weighted by Gasteiger charge is 2.03. The minimum Gasteiger partial charge on any atom is -0.493 e. The maximum Gasteiger partial charge on any atom is 0.240 e. The molecule has 1 heterocycles. The van der Waals surface area contributed by atoms with E-state index in [2.05, 4.69) is 23.5 Å². The molecule has 4 nitrogen and oxygen atoms in total. The fraction of sp³-hybridized carbons (Fsp3) is 0.333. The molecule has 1 aromatic carbocycles. The number of rotatable bonds is 8. The number of ether oxygens (including phenoxy) is 1. The quantitative estimate of drug-likeness (QED) is 0.423. The average Bonchev–Trinajstić information content (AvgIpc) is 3.01. The van der Waals surface area contributed by atoms with Crippen LogP contribution < -0.4 is 10.2 Å². The number of thiophene rings is 1. The van der Waals surface area contributed by atoms with Crippen molar-refractivity contribution in [3.8, 4) is 5.75 Å². The molecule has 2 rings (SSSR count). The van der Waals surface area contributed by atoms with Gasteiger partial charge in [0.1, 0.15) is 5.75 Å². The fourth-order valence-electron chi connectivity index (χ4n) is 2.07. The van der Waals surface area contributed by atoms with Crippen LogP contribution in [-0.4, -0.2) is 18.7 Å². The summed E-state index contributed by atoms with van der Waals surface area (Å²) in [6.45, 7) is 4.53. The summed E-state index contributed by atoms with van der Waals surface area (Å²) in [4.78, 5) is 14.1. The molecule has 1 N–H and O–H groups in total. The second-order valence-electron chi connectivity index (χ2n) is 5.31. The first-order valence-electron chi connectivity index (χ1n) is 7.88. The summed E-state index contributed by atoms with van der Waals surface area (Å²) in [5, 5.41) is 4.67. The van der Waals surface area contributed by atoms with E-state index < -0.39 is 0 Å². The molecule has 0 aliphatic carbocycles. The number of amides is 1. The van der Waals surface area contributed by atoms with Gasteiger partial charge in [0.15, 0.2) is 0 Å². The lowest BCUT2D eigenvalue weighted by Gasteiger charge is -2.08. The molecule has 0 saturated heterocycles. The number of nitrogens with zero attached hydrogens (tertiary/aromatic N) is 1. The highest BCUT2D eigenvalue weighted by Crippen LogP contribution is 2.21. The van der Waals surface area contributed by atoms with Gasteiger partial charge in [-0.05, 0) is 55.7 Å². The highest BCUT2D eigenvalue weighted by molar-refractivity contribution is 7.13. The number of hydrazone groups is 1. The molecule has 128 valence electrons. The normalized spacial score (nSPS) is 11.0. The molecule has 0 aliphatic rings. The summed E-state index contributed by atoms with van der Waals surface area (Å²) in [6.07, 6.45) is 3.68. The van der Waals surface area contributed by atoms with E-state index in [9.17, 15) is 4.79 Å². The van der Waals surface area contributed by atoms with E-state index in [1.165, 1.54) is 4.88 Å². The van der Waals surface area contributed by atoms with Crippen LogP contribution in [0.25, 0.3) is 0 Å². The number of aryl methyl sites for hydroxylation is 2. The molecule has 0 spiro atoms. The standard InChI is InChI=1S/C18H21ClN2O2S/c1-3-15-7-8-16(24-15)12-20-21-18(22)5-4-10-23-17-9-6-14(19)11-13(17)2/h6-9,11-12H,3-5,10H2,1-2H3,(H,21,22). The predicted molar refractivity (Wildman–Crippen MR) is 100 cm³/mol. The van der Waals surface area contributed by atoms with Crippen molar-refractivity contribution in [3.63, 3.8) is 0 Å². The Morgan fingerprint density at radius 1 is 1.38 bits per heavy atom. The van der Waals surface area contributed by atoms with Gasteiger partial charge in [0.25, 0.3) is 0 Å². The van der Waals surface area contributed by atoms with E-state index in [-0.39, 0.29) is 5.91 Å². The summed E-state index contributed by atoms with van der Waals surface area (Å²) in [5.74, 6) is 0.678. The van der Waals surface area contributed by atoms with Gasteiger partial charge < -0.3 is 4.74 Å². The molecule has 0 atom stereocenters. The Labute approximate surface area is 151 Å². The SMILES string of the molecule is CCc1ccc(C=NNC(=O)CCCOc2ccc(Cl)cc2C)s1. The maximum atomic E-state index is 11.7. The lowest BCUT2D eigenvalue weighted by molar-refractivity contribution is -0.121. The maximum absolute atomic E-state index is 11.7. The second-order valence-corrected chi connectivity index (χ2v) is 6.95. The van der Waals surface area contributed by atoms with E-state index in [0.717, 1.165) is 22.6 Å². The van der Waals surface area contributed by atoms with Crippen LogP contribution in [0, 0.1) is 6.92 Å². The number of carbonyl (C=O) groups is 1. The number of nitrogens with one attached hydrogen (secondary N) is 1. The minimum atomic E-state index is -0.116. The van der Waals surface area contributed by atoms with Crippen molar-refractivity contribution in [2.24, 2.45) is 5.10 Å². The zero-order valence-corrected chi connectivity index (χ0v) is 15.4. The minimum absolute atomic E-state index is 0.116. The number of benzene rings is 1. The van der Waals surface area contributed by atoms with Crippen molar-refractivity contribution >= 4 is 35.1 Å². The third-order valence-corrected chi connectivity index (χ3v) is 4.75. The van der Waals surface area contributed by atoms with Gasteiger partial charge in [-0.3, -0.25) is 4.79 Å². The van der Waals surface area contributed by atoms with Crippen molar-refractivity contribution in [2.75, 3.05) is 6.61 Å². The molecule has 0 radical (unpaired) electrons. The summed E-state index contributed by atoms with van der Waals surface area (Å²) in [5.41, 5.74) is 3.53. The molecule has 0 fully saturated rings. The van der Waals surface area contributed by atoms with Gasteiger partial charge in [-0.1, -0.05) is 18.5 Å². The zero-order valence-electron chi connectivity index (χ0n) is 13.8. The number of carbonyl (C=O) groups excluding carboxylic acids is 1. The Kier molecular flexibility index (Phi) is 7.28. The highest BCUT2D eigenvalue weighted by atomic mass is 35.5. The molecule has 0 aliphatic heterocycles. The van der Waals surface area contributed by atoms with Crippen molar-refractivity contribution in [3.05, 3.63) is 50.7 Å². The molecule has 24 heavy (non-hydrogen) atoms. The molecular weight excluding hydrogens is 344 g/mol. The first-order chi connectivity index (χ1) is 11.6.